The molecule has 0 amide bonds. The molecule has 2 aromatic rings. The van der Waals surface area contributed by atoms with Crippen LogP contribution in [0, 0.1) is 11.8 Å². The molecule has 0 saturated carbocycles. The molecule has 6 heteroatoms. The molecule has 34 heavy (non-hydrogen) atoms. The van der Waals surface area contributed by atoms with Crippen LogP contribution in [0.4, 0.5) is 0 Å². The lowest BCUT2D eigenvalue weighted by atomic mass is 9.56. The number of hydrogen-bond acceptors (Lipinski definition) is 6. The number of aliphatic hydroxyl groups excluding tert-OH is 1. The summed E-state index contributed by atoms with van der Waals surface area (Å²) in [5.41, 5.74) is 9.88. The highest BCUT2D eigenvalue weighted by Crippen LogP contribution is 2.54. The smallest absolute Gasteiger partial charge is 0.337 e. The molecule has 0 aliphatic heterocycles. The van der Waals surface area contributed by atoms with Crippen LogP contribution in [-0.2, 0) is 21.4 Å². The van der Waals surface area contributed by atoms with Crippen LogP contribution in [0.1, 0.15) is 49.9 Å². The second kappa shape index (κ2) is 9.43. The third-order valence-corrected chi connectivity index (χ3v) is 7.74. The fourth-order valence-electron chi connectivity index (χ4n) is 5.91. The molecule has 0 spiro atoms. The van der Waals surface area contributed by atoms with Gasteiger partial charge in [-0.05, 0) is 54.4 Å². The van der Waals surface area contributed by atoms with Crippen LogP contribution in [0.3, 0.4) is 0 Å². The van der Waals surface area contributed by atoms with Crippen LogP contribution < -0.4 is 15.2 Å². The number of aliphatic hydroxyl groups is 1. The third-order valence-electron chi connectivity index (χ3n) is 7.74. The van der Waals surface area contributed by atoms with Crippen molar-refractivity contribution in [3.8, 4) is 11.5 Å². The molecular weight excluding hydrogens is 430 g/mol. The molecule has 4 unspecified atom stereocenters. The van der Waals surface area contributed by atoms with Crippen LogP contribution in [0.15, 0.2) is 54.1 Å². The Bertz CT molecular complexity index is 1080. The first-order chi connectivity index (χ1) is 16.2. The second-order valence-corrected chi connectivity index (χ2v) is 9.94. The minimum atomic E-state index is -1.45. The number of methoxy groups -OCH3 is 2. The van der Waals surface area contributed by atoms with Crippen molar-refractivity contribution < 1.29 is 24.1 Å². The number of rotatable bonds is 6. The molecule has 4 rings (SSSR count). The maximum Gasteiger partial charge on any atom is 0.337 e. The van der Waals surface area contributed by atoms with Gasteiger partial charge in [-0.1, -0.05) is 50.3 Å². The number of benzene rings is 2. The molecular formula is C28H35NO5. The highest BCUT2D eigenvalue weighted by molar-refractivity contribution is 5.76. The Balaban J connectivity index is 1.65. The van der Waals surface area contributed by atoms with Crippen molar-refractivity contribution in [2.75, 3.05) is 14.2 Å². The number of fused-ring (bicyclic) bond motifs is 2. The van der Waals surface area contributed by atoms with Gasteiger partial charge in [-0.3, -0.25) is 0 Å². The summed E-state index contributed by atoms with van der Waals surface area (Å²) in [5.74, 6) is 1.23. The predicted molar refractivity (Wildman–Crippen MR) is 131 cm³/mol. The number of nitrogens with two attached hydrogens (primary N) is 1. The molecule has 0 radical (unpaired) electrons. The molecule has 0 fully saturated rings. The zero-order chi connectivity index (χ0) is 24.6. The maximum absolute atomic E-state index is 13.1. The molecule has 2 aromatic carbocycles. The Kier molecular flexibility index (Phi) is 6.74. The average Bonchev–Trinajstić information content (AvgIpc) is 2.84. The molecule has 5 atom stereocenters. The van der Waals surface area contributed by atoms with Crippen molar-refractivity contribution in [3.63, 3.8) is 0 Å². The number of carbonyl (C=O) groups excluding carboxylic acids is 1. The number of esters is 1. The van der Waals surface area contributed by atoms with E-state index in [1.807, 2.05) is 37.3 Å². The third kappa shape index (κ3) is 4.10. The van der Waals surface area contributed by atoms with Gasteiger partial charge in [0, 0.05) is 17.0 Å². The van der Waals surface area contributed by atoms with Gasteiger partial charge in [0.05, 0.1) is 20.3 Å². The van der Waals surface area contributed by atoms with Gasteiger partial charge < -0.3 is 25.1 Å². The summed E-state index contributed by atoms with van der Waals surface area (Å²) in [4.78, 5) is 13.1. The molecule has 182 valence electrons. The van der Waals surface area contributed by atoms with Crippen LogP contribution in [0.5, 0.6) is 11.5 Å². The van der Waals surface area contributed by atoms with E-state index < -0.39 is 24.2 Å². The highest BCUT2D eigenvalue weighted by atomic mass is 16.6. The van der Waals surface area contributed by atoms with Gasteiger partial charge in [0.2, 0.25) is 0 Å². The van der Waals surface area contributed by atoms with Gasteiger partial charge in [-0.25, -0.2) is 4.79 Å². The zero-order valence-corrected chi connectivity index (χ0v) is 20.6. The average molecular weight is 466 g/mol. The SMILES string of the molecule is COc1ccc(OC)c2c1CC1C(OC(=O)C(O)[C@@H](N)c3ccccc3)C(C)=CCC1C2(C)C. The Labute approximate surface area is 201 Å². The van der Waals surface area contributed by atoms with Gasteiger partial charge in [-0.2, -0.15) is 0 Å². The summed E-state index contributed by atoms with van der Waals surface area (Å²) in [7, 11) is 3.36. The lowest BCUT2D eigenvalue weighted by molar-refractivity contribution is -0.163. The Morgan fingerprint density at radius 1 is 1.09 bits per heavy atom. The van der Waals surface area contributed by atoms with Crippen LogP contribution >= 0.6 is 0 Å². The highest BCUT2D eigenvalue weighted by Gasteiger charge is 2.50. The first-order valence-corrected chi connectivity index (χ1v) is 11.8. The van der Waals surface area contributed by atoms with E-state index in [4.69, 9.17) is 19.9 Å². The zero-order valence-electron chi connectivity index (χ0n) is 20.6. The summed E-state index contributed by atoms with van der Waals surface area (Å²) >= 11 is 0. The molecule has 3 N–H and O–H groups in total. The molecule has 0 bridgehead atoms. The van der Waals surface area contributed by atoms with Gasteiger partial charge in [0.25, 0.3) is 0 Å². The van der Waals surface area contributed by atoms with Crippen molar-refractivity contribution in [1.29, 1.82) is 0 Å². The van der Waals surface area contributed by atoms with Crippen LogP contribution in [0.2, 0.25) is 0 Å². The van der Waals surface area contributed by atoms with Crippen molar-refractivity contribution in [2.45, 2.75) is 57.3 Å². The quantitative estimate of drug-likeness (QED) is 0.493. The summed E-state index contributed by atoms with van der Waals surface area (Å²) in [6.07, 6.45) is 1.82. The van der Waals surface area contributed by atoms with Crippen LogP contribution in [0.25, 0.3) is 0 Å². The van der Waals surface area contributed by atoms with Crippen molar-refractivity contribution >= 4 is 5.97 Å². The van der Waals surface area contributed by atoms with E-state index in [0.717, 1.165) is 34.6 Å². The van der Waals surface area contributed by atoms with E-state index in [1.54, 1.807) is 26.4 Å². The maximum atomic E-state index is 13.1. The van der Waals surface area contributed by atoms with Crippen molar-refractivity contribution in [2.24, 2.45) is 17.6 Å². The molecule has 2 aliphatic carbocycles. The molecule has 0 heterocycles. The summed E-state index contributed by atoms with van der Waals surface area (Å²) in [6.45, 7) is 6.43. The Morgan fingerprint density at radius 2 is 1.74 bits per heavy atom. The van der Waals surface area contributed by atoms with E-state index in [2.05, 4.69) is 19.9 Å². The standard InChI is InChI=1S/C28H35NO5/c1-16-11-12-20-18(15-19-21(32-4)13-14-22(33-5)23(19)28(20,2)3)26(16)34-27(31)25(30)24(29)17-9-7-6-8-10-17/h6-11,13-14,18,20,24-26,30H,12,15,29H2,1-5H3/t18?,20?,24-,25?,26?/m0/s1. The first-order valence-electron chi connectivity index (χ1n) is 11.8. The number of carbonyl (C=O) groups is 1. The Morgan fingerprint density at radius 3 is 2.38 bits per heavy atom. The van der Waals surface area contributed by atoms with Gasteiger partial charge in [-0.15, -0.1) is 0 Å². The van der Waals surface area contributed by atoms with E-state index in [1.165, 1.54) is 0 Å². The van der Waals surface area contributed by atoms with Gasteiger partial charge >= 0.3 is 5.97 Å². The molecule has 2 aliphatic rings. The monoisotopic (exact) mass is 465 g/mol. The molecule has 0 aromatic heterocycles. The normalized spacial score (nSPS) is 24.7. The number of ether oxygens (including phenoxy) is 3. The van der Waals surface area contributed by atoms with Gasteiger partial charge in [0.1, 0.15) is 17.6 Å². The minimum absolute atomic E-state index is 0.0394. The molecule has 6 nitrogen and oxygen atoms in total. The second-order valence-electron chi connectivity index (χ2n) is 9.94. The van der Waals surface area contributed by atoms with Crippen LogP contribution in [-0.4, -0.2) is 37.5 Å². The largest absolute Gasteiger partial charge is 0.496 e. The summed E-state index contributed by atoms with van der Waals surface area (Å²) in [5, 5.41) is 10.7. The first kappa shape index (κ1) is 24.3. The van der Waals surface area contributed by atoms with E-state index >= 15 is 0 Å². The minimum Gasteiger partial charge on any atom is -0.496 e. The topological polar surface area (TPSA) is 91.0 Å². The number of allylic oxidation sites excluding steroid dienone is 1. The molecule has 0 saturated heterocycles. The van der Waals surface area contributed by atoms with Gasteiger partial charge in [0.15, 0.2) is 6.10 Å². The fraction of sp³-hybridized carbons (Fsp3) is 0.464. The summed E-state index contributed by atoms with van der Waals surface area (Å²) in [6, 6.07) is 12.1. The predicted octanol–water partition coefficient (Wildman–Crippen LogP) is 4.09. The summed E-state index contributed by atoms with van der Waals surface area (Å²) < 4.78 is 17.5. The fourth-order valence-corrected chi connectivity index (χ4v) is 5.91. The number of hydrogen-bond donors (Lipinski definition) is 2. The lowest BCUT2D eigenvalue weighted by Crippen LogP contribution is -2.49. The van der Waals surface area contributed by atoms with E-state index in [-0.39, 0.29) is 17.3 Å². The van der Waals surface area contributed by atoms with E-state index in [9.17, 15) is 9.90 Å². The van der Waals surface area contributed by atoms with E-state index in [0.29, 0.717) is 12.0 Å². The lowest BCUT2D eigenvalue weighted by Gasteiger charge is -2.50. The van der Waals surface area contributed by atoms with Crippen molar-refractivity contribution in [1.82, 2.24) is 0 Å². The van der Waals surface area contributed by atoms with Crippen molar-refractivity contribution in [3.05, 3.63) is 70.8 Å². The Hall–Kier alpha value is -2.83.